The molecule has 2 rings (SSSR count). The maximum absolute atomic E-state index is 14.0. The summed E-state index contributed by atoms with van der Waals surface area (Å²) in [6, 6.07) is 6.39. The van der Waals surface area contributed by atoms with Gasteiger partial charge < -0.3 is 5.32 Å². The van der Waals surface area contributed by atoms with Crippen LogP contribution in [0.3, 0.4) is 0 Å². The van der Waals surface area contributed by atoms with Crippen molar-refractivity contribution in [2.24, 2.45) is 0 Å². The lowest BCUT2D eigenvalue weighted by Crippen LogP contribution is -2.22. The molecular weight excluding hydrogens is 299 g/mol. The fourth-order valence-electron chi connectivity index (χ4n) is 2.05. The first-order valence-electron chi connectivity index (χ1n) is 6.55. The number of hydrogen-bond acceptors (Lipinski definition) is 1. The maximum Gasteiger partial charge on any atom is 0.136 e. The minimum Gasteiger partial charge on any atom is -0.310 e. The Morgan fingerprint density at radius 1 is 1.05 bits per heavy atom. The van der Waals surface area contributed by atoms with Gasteiger partial charge >= 0.3 is 0 Å². The second-order valence-corrected chi connectivity index (χ2v) is 5.52. The maximum atomic E-state index is 14.0. The van der Waals surface area contributed by atoms with Crippen LogP contribution in [0.1, 0.15) is 19.4 Å². The van der Waals surface area contributed by atoms with Gasteiger partial charge in [0.1, 0.15) is 17.5 Å². The molecule has 0 radical (unpaired) electrons. The van der Waals surface area contributed by atoms with Crippen LogP contribution in [-0.2, 0) is 6.54 Å². The van der Waals surface area contributed by atoms with Gasteiger partial charge in [-0.05, 0) is 23.3 Å². The van der Waals surface area contributed by atoms with E-state index < -0.39 is 17.5 Å². The fourth-order valence-corrected chi connectivity index (χ4v) is 2.22. The zero-order valence-electron chi connectivity index (χ0n) is 11.7. The summed E-state index contributed by atoms with van der Waals surface area (Å²) >= 11 is 5.93. The minimum absolute atomic E-state index is 0.219. The lowest BCUT2D eigenvalue weighted by Gasteiger charge is -2.14. The van der Waals surface area contributed by atoms with E-state index in [1.165, 1.54) is 6.07 Å². The molecule has 2 aromatic rings. The van der Waals surface area contributed by atoms with Crippen LogP contribution in [0.15, 0.2) is 30.3 Å². The molecule has 1 nitrogen and oxygen atoms in total. The minimum atomic E-state index is -0.947. The molecule has 0 amide bonds. The molecule has 1 N–H and O–H groups in total. The van der Waals surface area contributed by atoms with E-state index in [1.807, 2.05) is 13.8 Å². The molecule has 0 bridgehead atoms. The Morgan fingerprint density at radius 2 is 1.67 bits per heavy atom. The second-order valence-electron chi connectivity index (χ2n) is 5.08. The van der Waals surface area contributed by atoms with Crippen molar-refractivity contribution in [3.05, 3.63) is 58.4 Å². The molecule has 5 heteroatoms. The third-order valence-corrected chi connectivity index (χ3v) is 3.28. The predicted molar refractivity (Wildman–Crippen MR) is 78.7 cm³/mol. The lowest BCUT2D eigenvalue weighted by molar-refractivity contribution is 0.547. The van der Waals surface area contributed by atoms with Gasteiger partial charge in [0.05, 0.1) is 5.56 Å². The molecule has 112 valence electrons. The van der Waals surface area contributed by atoms with Crippen molar-refractivity contribution in [1.29, 1.82) is 0 Å². The van der Waals surface area contributed by atoms with E-state index in [1.54, 1.807) is 12.1 Å². The lowest BCUT2D eigenvalue weighted by atomic mass is 9.98. The average Bonchev–Trinajstić information content (AvgIpc) is 2.36. The first-order valence-corrected chi connectivity index (χ1v) is 6.93. The van der Waals surface area contributed by atoms with Crippen molar-refractivity contribution in [3.8, 4) is 11.1 Å². The Bertz CT molecular complexity index is 633. The summed E-state index contributed by atoms with van der Waals surface area (Å²) in [5.74, 6) is -2.83. The first kappa shape index (κ1) is 15.9. The summed E-state index contributed by atoms with van der Waals surface area (Å²) in [5, 5.41) is 3.54. The predicted octanol–water partition coefficient (Wildman–Crippen LogP) is 4.92. The number of benzene rings is 2. The second kappa shape index (κ2) is 6.50. The van der Waals surface area contributed by atoms with Crippen molar-refractivity contribution in [2.45, 2.75) is 26.4 Å². The monoisotopic (exact) mass is 313 g/mol. The van der Waals surface area contributed by atoms with E-state index in [9.17, 15) is 13.2 Å². The Hall–Kier alpha value is -1.52. The number of rotatable bonds is 4. The highest BCUT2D eigenvalue weighted by Crippen LogP contribution is 2.32. The van der Waals surface area contributed by atoms with Crippen molar-refractivity contribution >= 4 is 11.6 Å². The molecule has 0 unspecified atom stereocenters. The highest BCUT2D eigenvalue weighted by atomic mass is 35.5. The van der Waals surface area contributed by atoms with Crippen LogP contribution in [0.25, 0.3) is 11.1 Å². The van der Waals surface area contributed by atoms with Gasteiger partial charge in [0.2, 0.25) is 0 Å². The quantitative estimate of drug-likeness (QED) is 0.844. The molecule has 0 aliphatic heterocycles. The number of nitrogens with one attached hydrogen (secondary N) is 1. The zero-order valence-corrected chi connectivity index (χ0v) is 12.4. The Morgan fingerprint density at radius 3 is 2.24 bits per heavy atom. The summed E-state index contributed by atoms with van der Waals surface area (Å²) in [6.45, 7) is 4.36. The summed E-state index contributed by atoms with van der Waals surface area (Å²) in [7, 11) is 0. The van der Waals surface area contributed by atoms with Crippen molar-refractivity contribution < 1.29 is 13.2 Å². The Labute approximate surface area is 126 Å². The summed E-state index contributed by atoms with van der Waals surface area (Å²) < 4.78 is 41.0. The number of halogens is 4. The van der Waals surface area contributed by atoms with E-state index in [0.717, 1.165) is 0 Å². The van der Waals surface area contributed by atoms with Crippen LogP contribution in [0, 0.1) is 17.5 Å². The number of hydrogen-bond donors (Lipinski definition) is 1. The first-order chi connectivity index (χ1) is 9.88. The molecule has 21 heavy (non-hydrogen) atoms. The van der Waals surface area contributed by atoms with E-state index in [2.05, 4.69) is 5.32 Å². The van der Waals surface area contributed by atoms with Crippen LogP contribution in [0.2, 0.25) is 5.02 Å². The fraction of sp³-hybridized carbons (Fsp3) is 0.250. The molecule has 0 aliphatic rings. The van der Waals surface area contributed by atoms with Crippen LogP contribution in [0.5, 0.6) is 0 Å². The molecule has 0 atom stereocenters. The van der Waals surface area contributed by atoms with Crippen LogP contribution in [-0.4, -0.2) is 6.04 Å². The third kappa shape index (κ3) is 3.77. The van der Waals surface area contributed by atoms with Crippen LogP contribution < -0.4 is 5.32 Å². The Kier molecular flexibility index (Phi) is 4.91. The molecule has 0 spiro atoms. The SMILES string of the molecule is CC(C)NCc1ccc(Cl)cc1-c1c(F)cc(F)cc1F. The van der Waals surface area contributed by atoms with Gasteiger partial charge in [-0.15, -0.1) is 0 Å². The van der Waals surface area contributed by atoms with Gasteiger partial charge in [-0.1, -0.05) is 31.5 Å². The summed E-state index contributed by atoms with van der Waals surface area (Å²) in [4.78, 5) is 0. The molecule has 0 heterocycles. The van der Waals surface area contributed by atoms with Gasteiger partial charge in [-0.3, -0.25) is 0 Å². The molecule has 0 saturated heterocycles. The van der Waals surface area contributed by atoms with Gasteiger partial charge in [0.25, 0.3) is 0 Å². The van der Waals surface area contributed by atoms with Gasteiger partial charge in [-0.25, -0.2) is 13.2 Å². The highest BCUT2D eigenvalue weighted by molar-refractivity contribution is 6.30. The van der Waals surface area contributed by atoms with Gasteiger partial charge in [0, 0.05) is 29.7 Å². The van der Waals surface area contributed by atoms with E-state index in [4.69, 9.17) is 11.6 Å². The normalized spacial score (nSPS) is 11.2. The molecule has 0 saturated carbocycles. The van der Waals surface area contributed by atoms with Crippen molar-refractivity contribution in [1.82, 2.24) is 5.32 Å². The highest BCUT2D eigenvalue weighted by Gasteiger charge is 2.17. The van der Waals surface area contributed by atoms with E-state index in [-0.39, 0.29) is 11.6 Å². The molecule has 0 aliphatic carbocycles. The zero-order chi connectivity index (χ0) is 15.6. The van der Waals surface area contributed by atoms with Gasteiger partial charge in [-0.2, -0.15) is 0 Å². The Balaban J connectivity index is 2.54. The molecule has 2 aromatic carbocycles. The largest absolute Gasteiger partial charge is 0.310 e. The molecular formula is C16H15ClF3N. The molecule has 0 aromatic heterocycles. The van der Waals surface area contributed by atoms with E-state index in [0.29, 0.717) is 34.8 Å². The third-order valence-electron chi connectivity index (χ3n) is 3.05. The van der Waals surface area contributed by atoms with Crippen LogP contribution >= 0.6 is 11.6 Å². The van der Waals surface area contributed by atoms with E-state index >= 15 is 0 Å². The summed E-state index contributed by atoms with van der Waals surface area (Å²) in [5.41, 5.74) is 0.752. The average molecular weight is 314 g/mol. The topological polar surface area (TPSA) is 12.0 Å². The van der Waals surface area contributed by atoms with Crippen molar-refractivity contribution in [3.63, 3.8) is 0 Å². The van der Waals surface area contributed by atoms with Crippen LogP contribution in [0.4, 0.5) is 13.2 Å². The standard InChI is InChI=1S/C16H15ClF3N/c1-9(2)21-8-10-3-4-11(17)5-13(10)16-14(19)6-12(18)7-15(16)20/h3-7,9,21H,8H2,1-2H3. The molecule has 0 fully saturated rings. The van der Waals surface area contributed by atoms with Crippen molar-refractivity contribution in [2.75, 3.05) is 0 Å². The summed E-state index contributed by atoms with van der Waals surface area (Å²) in [6.07, 6.45) is 0. The smallest absolute Gasteiger partial charge is 0.136 e. The van der Waals surface area contributed by atoms with Gasteiger partial charge in [0.15, 0.2) is 0 Å².